The minimum Gasteiger partial charge on any atom is -0.496 e. The minimum atomic E-state index is -0.461. The smallest absolute Gasteiger partial charge is 0.269 e. The van der Waals surface area contributed by atoms with Gasteiger partial charge in [-0.1, -0.05) is 18.2 Å². The van der Waals surface area contributed by atoms with Crippen LogP contribution in [-0.4, -0.2) is 24.7 Å². The van der Waals surface area contributed by atoms with E-state index in [0.717, 1.165) is 17.3 Å². The highest BCUT2D eigenvalue weighted by Crippen LogP contribution is 2.21. The lowest BCUT2D eigenvalue weighted by molar-refractivity contribution is -0.119. The summed E-state index contributed by atoms with van der Waals surface area (Å²) in [6.45, 7) is 1.86. The lowest BCUT2D eigenvalue weighted by Crippen LogP contribution is -2.42. The predicted octanol–water partition coefficient (Wildman–Crippen LogP) is 2.70. The molecule has 0 radical (unpaired) electrons. The standard InChI is InChI=1S/C17H17FN2O3S/c1-11-7-8-12(9-14(11)23-2)17(22)20-19-16(21)10-24-15-6-4-3-5-13(15)18/h3-9H,10H2,1-2H3,(H,19,21)(H,20,22). The summed E-state index contributed by atoms with van der Waals surface area (Å²) in [5.74, 6) is -0.707. The van der Waals surface area contributed by atoms with E-state index >= 15 is 0 Å². The molecule has 0 unspecified atom stereocenters. The molecule has 24 heavy (non-hydrogen) atoms. The number of benzene rings is 2. The van der Waals surface area contributed by atoms with Crippen molar-refractivity contribution in [1.82, 2.24) is 10.9 Å². The van der Waals surface area contributed by atoms with Gasteiger partial charge in [0.15, 0.2) is 0 Å². The quantitative estimate of drug-likeness (QED) is 0.644. The zero-order valence-electron chi connectivity index (χ0n) is 13.3. The summed E-state index contributed by atoms with van der Waals surface area (Å²) in [5.41, 5.74) is 5.88. The van der Waals surface area contributed by atoms with Crippen molar-refractivity contribution >= 4 is 23.6 Å². The Balaban J connectivity index is 1.85. The highest BCUT2D eigenvalue weighted by molar-refractivity contribution is 8.00. The summed E-state index contributed by atoms with van der Waals surface area (Å²) < 4.78 is 18.6. The van der Waals surface area contributed by atoms with Crippen LogP contribution in [0.5, 0.6) is 5.75 Å². The predicted molar refractivity (Wildman–Crippen MR) is 90.5 cm³/mol. The molecule has 0 fully saturated rings. The number of hydrazine groups is 1. The van der Waals surface area contributed by atoms with Crippen molar-refractivity contribution in [2.75, 3.05) is 12.9 Å². The van der Waals surface area contributed by atoms with Gasteiger partial charge in [0.25, 0.3) is 5.91 Å². The fourth-order valence-corrected chi connectivity index (χ4v) is 2.64. The van der Waals surface area contributed by atoms with Gasteiger partial charge in [0, 0.05) is 10.5 Å². The van der Waals surface area contributed by atoms with Gasteiger partial charge in [-0.3, -0.25) is 20.4 Å². The molecule has 2 rings (SSSR count). The molecule has 0 atom stereocenters. The summed E-state index contributed by atoms with van der Waals surface area (Å²) in [6.07, 6.45) is 0. The third kappa shape index (κ3) is 4.73. The van der Waals surface area contributed by atoms with Crippen LogP contribution < -0.4 is 15.6 Å². The highest BCUT2D eigenvalue weighted by Gasteiger charge is 2.11. The first kappa shape index (κ1) is 17.8. The van der Waals surface area contributed by atoms with Crippen LogP contribution in [-0.2, 0) is 4.79 Å². The fraction of sp³-hybridized carbons (Fsp3) is 0.176. The first-order chi connectivity index (χ1) is 11.5. The maximum Gasteiger partial charge on any atom is 0.269 e. The lowest BCUT2D eigenvalue weighted by Gasteiger charge is -2.10. The van der Waals surface area contributed by atoms with E-state index in [1.807, 2.05) is 6.92 Å². The van der Waals surface area contributed by atoms with Crippen LogP contribution in [0, 0.1) is 12.7 Å². The largest absolute Gasteiger partial charge is 0.496 e. The number of halogens is 1. The number of nitrogens with one attached hydrogen (secondary N) is 2. The second-order valence-corrected chi connectivity index (χ2v) is 5.92. The van der Waals surface area contributed by atoms with E-state index in [0.29, 0.717) is 16.2 Å². The SMILES string of the molecule is COc1cc(C(=O)NNC(=O)CSc2ccccc2F)ccc1C. The first-order valence-corrected chi connectivity index (χ1v) is 8.11. The van der Waals surface area contributed by atoms with E-state index in [4.69, 9.17) is 4.74 Å². The van der Waals surface area contributed by atoms with Crippen LogP contribution in [0.3, 0.4) is 0 Å². The molecule has 0 heterocycles. The summed E-state index contributed by atoms with van der Waals surface area (Å²) in [4.78, 5) is 24.1. The number of carbonyl (C=O) groups excluding carboxylic acids is 2. The van der Waals surface area contributed by atoms with Crippen LogP contribution in [0.2, 0.25) is 0 Å². The molecule has 2 aromatic carbocycles. The highest BCUT2D eigenvalue weighted by atomic mass is 32.2. The summed E-state index contributed by atoms with van der Waals surface area (Å²) in [7, 11) is 1.52. The Kier molecular flexibility index (Phi) is 6.20. The van der Waals surface area contributed by atoms with Crippen molar-refractivity contribution in [1.29, 1.82) is 0 Å². The Morgan fingerprint density at radius 1 is 1.17 bits per heavy atom. The van der Waals surface area contributed by atoms with Crippen LogP contribution in [0.4, 0.5) is 4.39 Å². The van der Waals surface area contributed by atoms with Gasteiger partial charge in [0.05, 0.1) is 12.9 Å². The average molecular weight is 348 g/mol. The number of carbonyl (C=O) groups is 2. The number of hydrogen-bond donors (Lipinski definition) is 2. The maximum atomic E-state index is 13.4. The Bertz CT molecular complexity index is 752. The molecular weight excluding hydrogens is 331 g/mol. The van der Waals surface area contributed by atoms with Crippen molar-refractivity contribution in [2.24, 2.45) is 0 Å². The van der Waals surface area contributed by atoms with E-state index in [2.05, 4.69) is 10.9 Å². The van der Waals surface area contributed by atoms with Gasteiger partial charge in [-0.05, 0) is 36.8 Å². The number of ether oxygens (including phenoxy) is 1. The van der Waals surface area contributed by atoms with E-state index in [1.54, 1.807) is 36.4 Å². The molecule has 2 aromatic rings. The number of rotatable bonds is 5. The molecule has 0 aliphatic rings. The maximum absolute atomic E-state index is 13.4. The monoisotopic (exact) mass is 348 g/mol. The van der Waals surface area contributed by atoms with Crippen molar-refractivity contribution in [3.8, 4) is 5.75 Å². The van der Waals surface area contributed by atoms with Gasteiger partial charge in [-0.15, -0.1) is 11.8 Å². The number of thioether (sulfide) groups is 1. The summed E-state index contributed by atoms with van der Waals surface area (Å²) in [5, 5.41) is 0. The topological polar surface area (TPSA) is 67.4 Å². The molecule has 126 valence electrons. The van der Waals surface area contributed by atoms with Crippen molar-refractivity contribution < 1.29 is 18.7 Å². The lowest BCUT2D eigenvalue weighted by atomic mass is 10.1. The third-order valence-electron chi connectivity index (χ3n) is 3.18. The molecule has 0 aliphatic carbocycles. The third-order valence-corrected chi connectivity index (χ3v) is 4.23. The average Bonchev–Trinajstić information content (AvgIpc) is 2.59. The number of aryl methyl sites for hydroxylation is 1. The van der Waals surface area contributed by atoms with Gasteiger partial charge in [0.2, 0.25) is 5.91 Å². The molecule has 7 heteroatoms. The fourth-order valence-electron chi connectivity index (χ4n) is 1.90. The van der Waals surface area contributed by atoms with Gasteiger partial charge >= 0.3 is 0 Å². The molecule has 0 saturated heterocycles. The van der Waals surface area contributed by atoms with Crippen molar-refractivity contribution in [3.05, 3.63) is 59.4 Å². The van der Waals surface area contributed by atoms with Gasteiger partial charge in [0.1, 0.15) is 11.6 Å². The second-order valence-electron chi connectivity index (χ2n) is 4.91. The number of methoxy groups -OCH3 is 1. The molecule has 5 nitrogen and oxygen atoms in total. The van der Waals surface area contributed by atoms with E-state index in [9.17, 15) is 14.0 Å². The van der Waals surface area contributed by atoms with Gasteiger partial charge in [-0.25, -0.2) is 4.39 Å². The number of hydrogen-bond acceptors (Lipinski definition) is 4. The molecule has 0 bridgehead atoms. The zero-order chi connectivity index (χ0) is 17.5. The molecule has 0 aliphatic heterocycles. The van der Waals surface area contributed by atoms with Gasteiger partial charge in [-0.2, -0.15) is 0 Å². The van der Waals surface area contributed by atoms with Crippen molar-refractivity contribution in [3.63, 3.8) is 0 Å². The Hall–Kier alpha value is -2.54. The van der Waals surface area contributed by atoms with E-state index in [-0.39, 0.29) is 11.6 Å². The summed E-state index contributed by atoms with van der Waals surface area (Å²) in [6, 6.07) is 11.2. The second kappa shape index (κ2) is 8.35. The molecule has 0 aromatic heterocycles. The molecule has 2 amide bonds. The molecule has 2 N–H and O–H groups in total. The summed E-state index contributed by atoms with van der Waals surface area (Å²) >= 11 is 1.05. The van der Waals surface area contributed by atoms with Crippen LogP contribution in [0.25, 0.3) is 0 Å². The van der Waals surface area contributed by atoms with Crippen molar-refractivity contribution in [2.45, 2.75) is 11.8 Å². The first-order valence-electron chi connectivity index (χ1n) is 7.12. The molecule has 0 saturated carbocycles. The van der Waals surface area contributed by atoms with Crippen LogP contribution in [0.15, 0.2) is 47.4 Å². The number of amides is 2. The van der Waals surface area contributed by atoms with Gasteiger partial charge < -0.3 is 4.74 Å². The Morgan fingerprint density at radius 3 is 2.62 bits per heavy atom. The zero-order valence-corrected chi connectivity index (χ0v) is 14.1. The normalized spacial score (nSPS) is 10.1. The van der Waals surface area contributed by atoms with E-state index < -0.39 is 11.8 Å². The molecular formula is C17H17FN2O3S. The Morgan fingerprint density at radius 2 is 1.92 bits per heavy atom. The minimum absolute atomic E-state index is 0.0154. The molecule has 0 spiro atoms. The Labute approximate surface area is 143 Å². The van der Waals surface area contributed by atoms with E-state index in [1.165, 1.54) is 13.2 Å². The van der Waals surface area contributed by atoms with Crippen LogP contribution >= 0.6 is 11.8 Å². The van der Waals surface area contributed by atoms with Crippen LogP contribution in [0.1, 0.15) is 15.9 Å².